The summed E-state index contributed by atoms with van der Waals surface area (Å²) in [5.74, 6) is 0. The zero-order valence-corrected chi connectivity index (χ0v) is 10.6. The molecule has 0 heterocycles. The van der Waals surface area contributed by atoms with Crippen LogP contribution in [-0.4, -0.2) is 18.5 Å². The Kier molecular flexibility index (Phi) is 16.3. The van der Waals surface area contributed by atoms with Crippen molar-refractivity contribution in [1.82, 2.24) is 0 Å². The Labute approximate surface area is 96.5 Å². The predicted octanol–water partition coefficient (Wildman–Crippen LogP) is 3.55. The first kappa shape index (κ1) is 16.4. The van der Waals surface area contributed by atoms with E-state index in [0.29, 0.717) is 7.92 Å². The first-order valence-corrected chi connectivity index (χ1v) is 6.63. The third kappa shape index (κ3) is 10.9. The van der Waals surface area contributed by atoms with Crippen molar-refractivity contribution < 1.29 is 17.1 Å². The van der Waals surface area contributed by atoms with Gasteiger partial charge in [0.1, 0.15) is 0 Å². The van der Waals surface area contributed by atoms with Crippen molar-refractivity contribution in [1.29, 1.82) is 0 Å². The van der Waals surface area contributed by atoms with Crippen LogP contribution in [0.2, 0.25) is 0 Å². The molecule has 1 aliphatic rings. The normalized spacial score (nSPS) is 14.8. The molecule has 1 fully saturated rings. The molecule has 0 unspecified atom stereocenters. The zero-order chi connectivity index (χ0) is 9.23. The second kappa shape index (κ2) is 12.9. The minimum Gasteiger partial charge on any atom is -0.108 e. The molecule has 1 aliphatic carbocycles. The van der Waals surface area contributed by atoms with E-state index in [9.17, 15) is 0 Å². The summed E-state index contributed by atoms with van der Waals surface area (Å²) in [5, 5.41) is 0. The number of rotatable bonds is 3. The van der Waals surface area contributed by atoms with E-state index in [1.807, 2.05) is 32.1 Å². The van der Waals surface area contributed by atoms with Gasteiger partial charge in [0.05, 0.1) is 0 Å². The maximum Gasteiger partial charge on any atom is 1.00 e. The largest absolute Gasteiger partial charge is 1.00 e. The van der Waals surface area contributed by atoms with Gasteiger partial charge in [-0.15, -0.1) is 7.92 Å². The molecule has 0 aliphatic heterocycles. The maximum atomic E-state index is 2.29. The van der Waals surface area contributed by atoms with E-state index in [1.165, 1.54) is 18.5 Å². The molecule has 1 saturated carbocycles. The van der Waals surface area contributed by atoms with Crippen LogP contribution in [0.3, 0.4) is 0 Å². The maximum absolute atomic E-state index is 2.29. The van der Waals surface area contributed by atoms with Crippen LogP contribution in [0.5, 0.6) is 0 Å². The van der Waals surface area contributed by atoms with Gasteiger partial charge in [-0.05, 0) is 50.6 Å². The standard InChI is InChI=1S/C6H15P.C5H5.Cu/c1-4-7(5-2)6-3;1-2-4-5-3-1;/h4-6H2,1-3H3;1-5H;/q;;+1. The van der Waals surface area contributed by atoms with Gasteiger partial charge in [0.15, 0.2) is 0 Å². The van der Waals surface area contributed by atoms with Gasteiger partial charge in [0.2, 0.25) is 0 Å². The first-order chi connectivity index (χ1) is 5.85. The summed E-state index contributed by atoms with van der Waals surface area (Å²) in [6.45, 7) is 6.87. The van der Waals surface area contributed by atoms with Gasteiger partial charge in [-0.3, -0.25) is 0 Å². The predicted molar refractivity (Wildman–Crippen MR) is 60.0 cm³/mol. The number of hydrogen-bond acceptors (Lipinski definition) is 0. The second-order valence-corrected chi connectivity index (χ2v) is 5.82. The minimum absolute atomic E-state index is 0. The van der Waals surface area contributed by atoms with E-state index in [2.05, 4.69) is 20.8 Å². The van der Waals surface area contributed by atoms with Crippen LogP contribution < -0.4 is 0 Å². The Morgan fingerprint density at radius 3 is 1.00 bits per heavy atom. The molecule has 79 valence electrons. The van der Waals surface area contributed by atoms with E-state index >= 15 is 0 Å². The van der Waals surface area contributed by atoms with Crippen molar-refractivity contribution in [2.45, 2.75) is 20.8 Å². The van der Waals surface area contributed by atoms with Crippen LogP contribution in [-0.2, 0) is 17.1 Å². The van der Waals surface area contributed by atoms with Gasteiger partial charge in [-0.2, -0.15) is 0 Å². The van der Waals surface area contributed by atoms with Gasteiger partial charge in [0, 0.05) is 0 Å². The van der Waals surface area contributed by atoms with Crippen molar-refractivity contribution in [3.63, 3.8) is 0 Å². The first-order valence-electron chi connectivity index (χ1n) is 4.74. The minimum atomic E-state index is 0. The van der Waals surface area contributed by atoms with Crippen LogP contribution in [0.1, 0.15) is 20.8 Å². The van der Waals surface area contributed by atoms with Gasteiger partial charge >= 0.3 is 17.1 Å². The molecular weight excluding hydrogens is 227 g/mol. The van der Waals surface area contributed by atoms with Gasteiger partial charge in [0.25, 0.3) is 0 Å². The third-order valence-corrected chi connectivity index (χ3v) is 4.58. The summed E-state index contributed by atoms with van der Waals surface area (Å²) in [6, 6.07) is 0. The van der Waals surface area contributed by atoms with Crippen molar-refractivity contribution in [2.24, 2.45) is 0 Å². The van der Waals surface area contributed by atoms with Crippen LogP contribution in [0, 0.1) is 32.1 Å². The summed E-state index contributed by atoms with van der Waals surface area (Å²) in [7, 11) is 0.446. The van der Waals surface area contributed by atoms with Gasteiger partial charge in [-0.1, -0.05) is 20.8 Å². The molecule has 0 aromatic carbocycles. The molecule has 0 saturated heterocycles. The molecule has 0 amide bonds. The summed E-state index contributed by atoms with van der Waals surface area (Å²) >= 11 is 0. The van der Waals surface area contributed by atoms with Crippen molar-refractivity contribution in [3.8, 4) is 0 Å². The molecule has 1 rings (SSSR count). The average Bonchev–Trinajstić information content (AvgIpc) is 2.64. The Hall–Kier alpha value is 0.949. The zero-order valence-electron chi connectivity index (χ0n) is 8.76. The Morgan fingerprint density at radius 1 is 0.692 bits per heavy atom. The Bertz CT molecular complexity index is 65.0. The van der Waals surface area contributed by atoms with E-state index in [-0.39, 0.29) is 17.1 Å². The van der Waals surface area contributed by atoms with E-state index < -0.39 is 0 Å². The molecule has 0 atom stereocenters. The molecule has 0 spiro atoms. The molecule has 0 aromatic heterocycles. The molecule has 13 heavy (non-hydrogen) atoms. The fourth-order valence-corrected chi connectivity index (χ4v) is 2.33. The molecular formula is C11H20CuP+. The van der Waals surface area contributed by atoms with E-state index in [4.69, 9.17) is 0 Å². The molecule has 0 aromatic rings. The van der Waals surface area contributed by atoms with Gasteiger partial charge < -0.3 is 0 Å². The van der Waals surface area contributed by atoms with Crippen molar-refractivity contribution >= 4 is 7.92 Å². The van der Waals surface area contributed by atoms with Crippen LogP contribution in [0.25, 0.3) is 0 Å². The molecule has 5 radical (unpaired) electrons. The fourth-order valence-electron chi connectivity index (χ4n) is 0.992. The summed E-state index contributed by atoms with van der Waals surface area (Å²) < 4.78 is 0. The monoisotopic (exact) mass is 246 g/mol. The summed E-state index contributed by atoms with van der Waals surface area (Å²) in [6.07, 6.45) is 14.3. The van der Waals surface area contributed by atoms with E-state index in [1.54, 1.807) is 0 Å². The Morgan fingerprint density at radius 2 is 0.923 bits per heavy atom. The van der Waals surface area contributed by atoms with Gasteiger partial charge in [-0.25, -0.2) is 0 Å². The van der Waals surface area contributed by atoms with Crippen molar-refractivity contribution in [3.05, 3.63) is 32.1 Å². The quantitative estimate of drug-likeness (QED) is 0.528. The molecule has 0 bridgehead atoms. The average molecular weight is 247 g/mol. The molecule has 0 N–H and O–H groups in total. The topological polar surface area (TPSA) is 0 Å². The van der Waals surface area contributed by atoms with Crippen LogP contribution in [0.4, 0.5) is 0 Å². The fraction of sp³-hybridized carbons (Fsp3) is 0.545. The summed E-state index contributed by atoms with van der Waals surface area (Å²) in [5.41, 5.74) is 0. The Balaban J connectivity index is 0. The van der Waals surface area contributed by atoms with Crippen LogP contribution in [0.15, 0.2) is 0 Å². The SMILES string of the molecule is CCP(CC)CC.[CH]1[CH][CH][CH][CH]1.[Cu+]. The molecule has 0 nitrogen and oxygen atoms in total. The van der Waals surface area contributed by atoms with E-state index in [0.717, 1.165) is 0 Å². The van der Waals surface area contributed by atoms with Crippen LogP contribution >= 0.6 is 7.92 Å². The number of hydrogen-bond donors (Lipinski definition) is 0. The second-order valence-electron chi connectivity index (χ2n) is 2.58. The smallest absolute Gasteiger partial charge is 0.108 e. The van der Waals surface area contributed by atoms with Crippen molar-refractivity contribution in [2.75, 3.05) is 18.5 Å². The third-order valence-electron chi connectivity index (χ3n) is 1.90. The summed E-state index contributed by atoms with van der Waals surface area (Å²) in [4.78, 5) is 0. The molecule has 2 heteroatoms.